The summed E-state index contributed by atoms with van der Waals surface area (Å²) in [5.74, 6) is -0.0111. The Morgan fingerprint density at radius 3 is 1.43 bits per heavy atom. The van der Waals surface area contributed by atoms with E-state index in [-0.39, 0.29) is 24.6 Å². The largest absolute Gasteiger partial charge is 0.466 e. The number of rotatable bonds is 38. The van der Waals surface area contributed by atoms with Gasteiger partial charge in [0, 0.05) is 19.4 Å². The highest BCUT2D eigenvalue weighted by Gasteiger charge is 2.14. The highest BCUT2D eigenvalue weighted by Crippen LogP contribution is 2.18. The van der Waals surface area contributed by atoms with Crippen LogP contribution >= 0.6 is 0 Å². The Kier molecular flexibility index (Phi) is 36.8. The van der Waals surface area contributed by atoms with Crippen LogP contribution in [0.4, 0.5) is 0 Å². The summed E-state index contributed by atoms with van der Waals surface area (Å²) < 4.78 is 11.3. The summed E-state index contributed by atoms with van der Waals surface area (Å²) in [5.41, 5.74) is 0. The van der Waals surface area contributed by atoms with Crippen LogP contribution < -0.4 is 0 Å². The molecule has 0 saturated carbocycles. The van der Waals surface area contributed by atoms with Crippen LogP contribution in [0.3, 0.4) is 0 Å². The number of nitrogens with zero attached hydrogens (tertiary/aromatic N) is 1. The number of ether oxygens (including phenoxy) is 2. The summed E-state index contributed by atoms with van der Waals surface area (Å²) in [6, 6.07) is 0. The molecule has 6 heteroatoms. The minimum Gasteiger partial charge on any atom is -0.466 e. The first-order valence-electron chi connectivity index (χ1n) is 20.8. The number of aliphatic hydroxyl groups is 1. The highest BCUT2D eigenvalue weighted by atomic mass is 16.5. The van der Waals surface area contributed by atoms with E-state index in [0.717, 1.165) is 83.8 Å². The van der Waals surface area contributed by atoms with Crippen molar-refractivity contribution in [2.75, 3.05) is 32.8 Å². The van der Waals surface area contributed by atoms with Crippen molar-refractivity contribution in [3.05, 3.63) is 0 Å². The van der Waals surface area contributed by atoms with Gasteiger partial charge in [-0.3, -0.25) is 9.59 Å². The van der Waals surface area contributed by atoms with Gasteiger partial charge in [-0.25, -0.2) is 0 Å². The maximum absolute atomic E-state index is 12.6. The van der Waals surface area contributed by atoms with Gasteiger partial charge in [0.25, 0.3) is 0 Å². The van der Waals surface area contributed by atoms with Crippen molar-refractivity contribution >= 4 is 11.9 Å². The van der Waals surface area contributed by atoms with Crippen LogP contribution in [0.5, 0.6) is 0 Å². The van der Waals surface area contributed by atoms with Gasteiger partial charge in [0.2, 0.25) is 0 Å². The van der Waals surface area contributed by atoms with Crippen molar-refractivity contribution in [2.24, 2.45) is 0 Å². The minimum atomic E-state index is -0.0271. The molecule has 1 N–H and O–H groups in total. The summed E-state index contributed by atoms with van der Waals surface area (Å²) in [6.45, 7) is 10.9. The second-order valence-corrected chi connectivity index (χ2v) is 14.1. The average Bonchev–Trinajstić information content (AvgIpc) is 3.06. The Balaban J connectivity index is 4.05. The summed E-state index contributed by atoms with van der Waals surface area (Å²) >= 11 is 0. The summed E-state index contributed by atoms with van der Waals surface area (Å²) in [4.78, 5) is 27.1. The number of unbranched alkanes of at least 4 members (excludes halogenated alkanes) is 20. The summed E-state index contributed by atoms with van der Waals surface area (Å²) in [6.07, 6.45) is 33.6. The molecule has 1 atom stereocenters. The third-order valence-electron chi connectivity index (χ3n) is 9.41. The van der Waals surface area contributed by atoms with E-state index in [1.165, 1.54) is 116 Å². The molecule has 47 heavy (non-hydrogen) atoms. The Hall–Kier alpha value is -1.14. The van der Waals surface area contributed by atoms with Crippen LogP contribution in [-0.4, -0.2) is 60.9 Å². The van der Waals surface area contributed by atoms with Crippen LogP contribution in [0.1, 0.15) is 213 Å². The second kappa shape index (κ2) is 37.7. The van der Waals surface area contributed by atoms with Crippen LogP contribution in [0, 0.1) is 0 Å². The predicted molar refractivity (Wildman–Crippen MR) is 200 cm³/mol. The van der Waals surface area contributed by atoms with Crippen molar-refractivity contribution in [1.29, 1.82) is 0 Å². The molecule has 0 aliphatic heterocycles. The lowest BCUT2D eigenvalue weighted by Crippen LogP contribution is -2.27. The van der Waals surface area contributed by atoms with Gasteiger partial charge in [-0.15, -0.1) is 0 Å². The van der Waals surface area contributed by atoms with E-state index in [9.17, 15) is 14.7 Å². The lowest BCUT2D eigenvalue weighted by Gasteiger charge is -2.22. The molecule has 0 aliphatic carbocycles. The first kappa shape index (κ1) is 45.9. The molecule has 1 unspecified atom stereocenters. The van der Waals surface area contributed by atoms with Crippen LogP contribution in [0.2, 0.25) is 0 Å². The molecular formula is C41H81NO5. The van der Waals surface area contributed by atoms with Crippen molar-refractivity contribution in [3.8, 4) is 0 Å². The van der Waals surface area contributed by atoms with Gasteiger partial charge in [0.1, 0.15) is 6.10 Å². The molecule has 280 valence electrons. The molecule has 0 saturated heterocycles. The normalized spacial score (nSPS) is 12.1. The number of carbonyl (C=O) groups is 2. The standard InChI is InChI=1S/C41H81NO5/c1-4-7-10-15-22-31-39(30-21-12-9-6-3)47-41(45)33-24-17-14-19-26-35-42(36-27-28-37-43)34-25-18-13-16-23-32-40(44)46-38-29-20-11-8-5-2/h39,43H,4-38H2,1-3H3. The maximum Gasteiger partial charge on any atom is 0.306 e. The minimum absolute atomic E-state index is 0.0159. The third kappa shape index (κ3) is 34.5. The first-order chi connectivity index (χ1) is 23.1. The van der Waals surface area contributed by atoms with Gasteiger partial charge in [-0.2, -0.15) is 0 Å². The average molecular weight is 668 g/mol. The van der Waals surface area contributed by atoms with E-state index in [4.69, 9.17) is 9.47 Å². The molecule has 0 rings (SSSR count). The lowest BCUT2D eigenvalue weighted by molar-refractivity contribution is -0.150. The van der Waals surface area contributed by atoms with Gasteiger partial charge in [-0.05, 0) is 90.3 Å². The number of hydrogen-bond acceptors (Lipinski definition) is 6. The monoisotopic (exact) mass is 668 g/mol. The maximum atomic E-state index is 12.6. The number of esters is 2. The van der Waals surface area contributed by atoms with E-state index >= 15 is 0 Å². The van der Waals surface area contributed by atoms with Crippen LogP contribution in [0.25, 0.3) is 0 Å². The molecule has 6 nitrogen and oxygen atoms in total. The molecular weight excluding hydrogens is 586 g/mol. The molecule has 0 aromatic heterocycles. The third-order valence-corrected chi connectivity index (χ3v) is 9.41. The predicted octanol–water partition coefficient (Wildman–Crippen LogP) is 11.5. The topological polar surface area (TPSA) is 76.1 Å². The Bertz CT molecular complexity index is 658. The summed E-state index contributed by atoms with van der Waals surface area (Å²) in [7, 11) is 0. The van der Waals surface area contributed by atoms with Crippen molar-refractivity contribution in [1.82, 2.24) is 4.90 Å². The van der Waals surface area contributed by atoms with Crippen LogP contribution in [0.15, 0.2) is 0 Å². The van der Waals surface area contributed by atoms with Gasteiger partial charge in [0.15, 0.2) is 0 Å². The van der Waals surface area contributed by atoms with E-state index in [2.05, 4.69) is 25.7 Å². The van der Waals surface area contributed by atoms with E-state index in [1.54, 1.807) is 0 Å². The molecule has 0 spiro atoms. The molecule has 0 fully saturated rings. The molecule has 0 aromatic rings. The van der Waals surface area contributed by atoms with E-state index < -0.39 is 0 Å². The first-order valence-corrected chi connectivity index (χ1v) is 20.8. The van der Waals surface area contributed by atoms with Crippen molar-refractivity contribution in [3.63, 3.8) is 0 Å². The molecule has 0 radical (unpaired) electrons. The zero-order valence-corrected chi connectivity index (χ0v) is 31.9. The number of aliphatic hydroxyl groups excluding tert-OH is 1. The fourth-order valence-corrected chi connectivity index (χ4v) is 6.30. The SMILES string of the molecule is CCCCCCCOC(=O)CCCCCCCN(CCCCO)CCCCCCCC(=O)OC(CCCCCC)CCCCCCC. The van der Waals surface area contributed by atoms with Gasteiger partial charge < -0.3 is 19.5 Å². The van der Waals surface area contributed by atoms with Crippen LogP contribution in [-0.2, 0) is 19.1 Å². The Morgan fingerprint density at radius 1 is 0.489 bits per heavy atom. The van der Waals surface area contributed by atoms with Gasteiger partial charge in [0.05, 0.1) is 6.61 Å². The highest BCUT2D eigenvalue weighted by molar-refractivity contribution is 5.69. The quantitative estimate of drug-likeness (QED) is 0.0521. The van der Waals surface area contributed by atoms with Crippen molar-refractivity contribution in [2.45, 2.75) is 219 Å². The number of hydrogen-bond donors (Lipinski definition) is 1. The molecule has 0 bridgehead atoms. The van der Waals surface area contributed by atoms with Crippen molar-refractivity contribution < 1.29 is 24.2 Å². The summed E-state index contributed by atoms with van der Waals surface area (Å²) in [5, 5.41) is 9.23. The van der Waals surface area contributed by atoms with E-state index in [0.29, 0.717) is 19.4 Å². The Labute approximate surface area is 292 Å². The lowest BCUT2D eigenvalue weighted by atomic mass is 10.0. The zero-order chi connectivity index (χ0) is 34.5. The molecule has 0 aliphatic rings. The zero-order valence-electron chi connectivity index (χ0n) is 31.9. The molecule has 0 heterocycles. The Morgan fingerprint density at radius 2 is 0.894 bits per heavy atom. The fourth-order valence-electron chi connectivity index (χ4n) is 6.30. The smallest absolute Gasteiger partial charge is 0.306 e. The fraction of sp³-hybridized carbons (Fsp3) is 0.951. The van der Waals surface area contributed by atoms with Gasteiger partial charge in [-0.1, -0.05) is 130 Å². The van der Waals surface area contributed by atoms with Gasteiger partial charge >= 0.3 is 11.9 Å². The number of carbonyl (C=O) groups excluding carboxylic acids is 2. The second-order valence-electron chi connectivity index (χ2n) is 14.1. The van der Waals surface area contributed by atoms with E-state index in [1.807, 2.05) is 0 Å². The molecule has 0 aromatic carbocycles. The molecule has 0 amide bonds.